The van der Waals surface area contributed by atoms with Crippen molar-refractivity contribution in [1.29, 1.82) is 0 Å². The maximum absolute atomic E-state index is 12.2. The van der Waals surface area contributed by atoms with E-state index >= 15 is 0 Å². The van der Waals surface area contributed by atoms with Crippen LogP contribution >= 0.6 is 0 Å². The molecule has 0 aromatic carbocycles. The second kappa shape index (κ2) is 11.4. The van der Waals surface area contributed by atoms with E-state index in [2.05, 4.69) is 18.8 Å². The van der Waals surface area contributed by atoms with Gasteiger partial charge in [0.15, 0.2) is 12.6 Å². The van der Waals surface area contributed by atoms with Gasteiger partial charge in [-0.2, -0.15) is 0 Å². The van der Waals surface area contributed by atoms with Crippen molar-refractivity contribution < 1.29 is 28.8 Å². The lowest BCUT2D eigenvalue weighted by molar-refractivity contribution is -0.193. The second-order valence-electron chi connectivity index (χ2n) is 10.0. The summed E-state index contributed by atoms with van der Waals surface area (Å²) in [6, 6.07) is 0. The maximum Gasteiger partial charge on any atom is 0.159 e. The van der Waals surface area contributed by atoms with Gasteiger partial charge in [-0.15, -0.1) is 0 Å². The number of rotatable bonds is 8. The molecule has 4 fully saturated rings. The van der Waals surface area contributed by atoms with Crippen molar-refractivity contribution in [3.63, 3.8) is 0 Å². The number of hydrogen-bond donors (Lipinski definition) is 1. The maximum atomic E-state index is 12.2. The molecule has 4 aliphatic rings. The van der Waals surface area contributed by atoms with Crippen molar-refractivity contribution in [2.45, 2.75) is 121 Å². The minimum Gasteiger partial charge on any atom is -0.389 e. The van der Waals surface area contributed by atoms with Crippen LogP contribution in [0.4, 0.5) is 0 Å². The molecule has 7 atom stereocenters. The minimum atomic E-state index is -0.999. The highest BCUT2D eigenvalue weighted by Gasteiger charge is 2.58. The quantitative estimate of drug-likeness (QED) is 0.445. The zero-order chi connectivity index (χ0) is 22.4. The monoisotopic (exact) mass is 448 g/mol. The molecule has 4 rings (SSSR count). The average molecular weight is 449 g/mol. The van der Waals surface area contributed by atoms with Gasteiger partial charge in [-0.25, -0.2) is 0 Å². The van der Waals surface area contributed by atoms with Crippen molar-refractivity contribution in [3.8, 4) is 11.8 Å². The fourth-order valence-corrected chi connectivity index (χ4v) is 5.68. The van der Waals surface area contributed by atoms with E-state index in [0.29, 0.717) is 19.4 Å². The van der Waals surface area contributed by atoms with E-state index in [4.69, 9.17) is 18.9 Å². The molecule has 1 N–H and O–H groups in total. The first-order valence-corrected chi connectivity index (χ1v) is 12.9. The van der Waals surface area contributed by atoms with Gasteiger partial charge in [0.1, 0.15) is 11.9 Å². The van der Waals surface area contributed by atoms with Gasteiger partial charge in [0.25, 0.3) is 0 Å². The predicted octanol–water partition coefficient (Wildman–Crippen LogP) is 4.12. The van der Waals surface area contributed by atoms with Crippen molar-refractivity contribution >= 4 is 5.78 Å². The number of aliphatic hydroxyl groups is 1. The second-order valence-corrected chi connectivity index (χ2v) is 10.0. The van der Waals surface area contributed by atoms with E-state index < -0.39 is 5.60 Å². The molecule has 0 spiro atoms. The highest BCUT2D eigenvalue weighted by Crippen LogP contribution is 2.50. The van der Waals surface area contributed by atoms with E-state index in [1.54, 1.807) is 0 Å². The van der Waals surface area contributed by atoms with E-state index in [1.165, 1.54) is 0 Å². The Kier molecular flexibility index (Phi) is 8.64. The molecule has 32 heavy (non-hydrogen) atoms. The Hall–Kier alpha value is -0.970. The number of fused-ring (bicyclic) bond motifs is 1. The summed E-state index contributed by atoms with van der Waals surface area (Å²) in [7, 11) is 0. The van der Waals surface area contributed by atoms with Gasteiger partial charge in [-0.05, 0) is 51.4 Å². The first kappa shape index (κ1) is 24.2. The van der Waals surface area contributed by atoms with E-state index in [1.807, 2.05) is 0 Å². The van der Waals surface area contributed by atoms with E-state index in [0.717, 1.165) is 70.8 Å². The fraction of sp³-hybridized carbons (Fsp3) is 0.885. The third kappa shape index (κ3) is 6.12. The Labute approximate surface area is 192 Å². The molecule has 2 saturated carbocycles. The molecule has 0 amide bonds. The van der Waals surface area contributed by atoms with Crippen LogP contribution in [-0.4, -0.2) is 54.5 Å². The van der Waals surface area contributed by atoms with Crippen LogP contribution in [0.3, 0.4) is 0 Å². The van der Waals surface area contributed by atoms with Gasteiger partial charge in [0, 0.05) is 38.4 Å². The number of unbranched alkanes of at least 4 members (excludes halogenated alkanes) is 2. The summed E-state index contributed by atoms with van der Waals surface area (Å²) in [5.74, 6) is 6.60. The molecule has 6 nitrogen and oxygen atoms in total. The summed E-state index contributed by atoms with van der Waals surface area (Å²) in [5.41, 5.74) is -0.999. The number of Topliss-reactive ketones (excluding diaryl/α,β-unsaturated/α-hetero) is 1. The summed E-state index contributed by atoms with van der Waals surface area (Å²) in [5, 5.41) is 11.2. The van der Waals surface area contributed by atoms with E-state index in [9.17, 15) is 9.90 Å². The van der Waals surface area contributed by atoms with Gasteiger partial charge < -0.3 is 24.1 Å². The predicted molar refractivity (Wildman–Crippen MR) is 120 cm³/mol. The molecule has 2 aliphatic carbocycles. The Morgan fingerprint density at radius 2 is 1.88 bits per heavy atom. The Balaban J connectivity index is 1.47. The van der Waals surface area contributed by atoms with Gasteiger partial charge in [-0.3, -0.25) is 4.79 Å². The molecule has 2 heterocycles. The molecular weight excluding hydrogens is 408 g/mol. The SMILES string of the molecule is CCCCC[C@@H](C#C[C@H]1[C@H](OC2CCCCO2)C[C@]2(O)CC(=O)C[C@@H]12)OC1CCCCO1. The number of carbonyl (C=O) groups excluding carboxylic acids is 1. The van der Waals surface area contributed by atoms with E-state index in [-0.39, 0.29) is 48.8 Å². The Bertz CT molecular complexity index is 672. The lowest BCUT2D eigenvalue weighted by atomic mass is 9.89. The number of ketones is 1. The van der Waals surface area contributed by atoms with Crippen LogP contribution in [-0.2, 0) is 23.7 Å². The molecule has 0 aromatic heterocycles. The topological polar surface area (TPSA) is 74.2 Å². The smallest absolute Gasteiger partial charge is 0.159 e. The third-order valence-electron chi connectivity index (χ3n) is 7.43. The van der Waals surface area contributed by atoms with Crippen LogP contribution in [0.25, 0.3) is 0 Å². The standard InChI is InChI=1S/C26H40O6/c1-2-3-4-9-20(31-24-10-5-7-14-29-24)12-13-21-22-16-19(27)17-26(22,28)18-23(21)32-25-11-6-8-15-30-25/h20-25,28H,2-11,14-18H2,1H3/t20-,21+,22-,23+,24?,25?,26+/m0/s1. The van der Waals surface area contributed by atoms with Crippen LogP contribution in [0.2, 0.25) is 0 Å². The van der Waals surface area contributed by atoms with Gasteiger partial charge >= 0.3 is 0 Å². The molecule has 2 saturated heterocycles. The summed E-state index contributed by atoms with van der Waals surface area (Å²) >= 11 is 0. The fourth-order valence-electron chi connectivity index (χ4n) is 5.68. The lowest BCUT2D eigenvalue weighted by Crippen LogP contribution is -2.31. The Morgan fingerprint density at radius 1 is 1.12 bits per heavy atom. The van der Waals surface area contributed by atoms with Crippen molar-refractivity contribution in [2.24, 2.45) is 11.8 Å². The molecule has 6 heteroatoms. The first-order valence-electron chi connectivity index (χ1n) is 12.9. The van der Waals surface area contributed by atoms with Crippen LogP contribution < -0.4 is 0 Å². The number of ether oxygens (including phenoxy) is 4. The molecule has 0 aromatic rings. The zero-order valence-corrected chi connectivity index (χ0v) is 19.6. The van der Waals surface area contributed by atoms with Crippen LogP contribution in [0, 0.1) is 23.7 Å². The summed E-state index contributed by atoms with van der Waals surface area (Å²) in [6.45, 7) is 3.66. The van der Waals surface area contributed by atoms with Crippen molar-refractivity contribution in [3.05, 3.63) is 0 Å². The molecule has 180 valence electrons. The van der Waals surface area contributed by atoms with Crippen LogP contribution in [0.5, 0.6) is 0 Å². The van der Waals surface area contributed by atoms with Gasteiger partial charge in [0.2, 0.25) is 0 Å². The average Bonchev–Trinajstić information content (AvgIpc) is 3.21. The number of hydrogen-bond acceptors (Lipinski definition) is 6. The van der Waals surface area contributed by atoms with Gasteiger partial charge in [-0.1, -0.05) is 31.6 Å². The highest BCUT2D eigenvalue weighted by atomic mass is 16.7. The Morgan fingerprint density at radius 3 is 2.56 bits per heavy atom. The third-order valence-corrected chi connectivity index (χ3v) is 7.43. The number of carbonyl (C=O) groups is 1. The summed E-state index contributed by atoms with van der Waals surface area (Å²) < 4.78 is 24.2. The first-order chi connectivity index (χ1) is 15.6. The zero-order valence-electron chi connectivity index (χ0n) is 19.6. The van der Waals surface area contributed by atoms with Crippen LogP contribution in [0.1, 0.15) is 90.4 Å². The summed E-state index contributed by atoms with van der Waals surface area (Å²) in [6.07, 6.45) is 10.6. The van der Waals surface area contributed by atoms with Crippen LogP contribution in [0.15, 0.2) is 0 Å². The highest BCUT2D eigenvalue weighted by molar-refractivity contribution is 5.83. The minimum absolute atomic E-state index is 0.128. The largest absolute Gasteiger partial charge is 0.389 e. The normalized spacial score (nSPS) is 38.2. The molecular formula is C26H40O6. The molecule has 2 unspecified atom stereocenters. The molecule has 0 radical (unpaired) electrons. The molecule has 2 aliphatic heterocycles. The summed E-state index contributed by atoms with van der Waals surface area (Å²) in [4.78, 5) is 12.2. The van der Waals surface area contributed by atoms with Crippen molar-refractivity contribution in [1.82, 2.24) is 0 Å². The van der Waals surface area contributed by atoms with Gasteiger partial charge in [0.05, 0.1) is 17.6 Å². The molecule has 0 bridgehead atoms. The lowest BCUT2D eigenvalue weighted by Gasteiger charge is -2.28. The van der Waals surface area contributed by atoms with Crippen molar-refractivity contribution in [2.75, 3.05) is 13.2 Å².